The topological polar surface area (TPSA) is 46.5 Å². The van der Waals surface area contributed by atoms with Crippen molar-refractivity contribution in [3.63, 3.8) is 0 Å². The molecule has 0 aromatic heterocycles. The van der Waals surface area contributed by atoms with Crippen LogP contribution < -0.4 is 4.74 Å². The Labute approximate surface area is 87.3 Å². The second-order valence-electron chi connectivity index (χ2n) is 2.70. The fraction of sp³-hybridized carbons (Fsp3) is 0.222. The molecule has 16 heavy (non-hydrogen) atoms. The van der Waals surface area contributed by atoms with Gasteiger partial charge in [0.1, 0.15) is 5.56 Å². The molecular formula is C9H6F4O3. The molecule has 88 valence electrons. The maximum Gasteiger partial charge on any atom is 0.341 e. The molecule has 1 rings (SSSR count). The van der Waals surface area contributed by atoms with E-state index in [4.69, 9.17) is 5.11 Å². The maximum atomic E-state index is 13.1. The van der Waals surface area contributed by atoms with Crippen molar-refractivity contribution in [3.8, 4) is 5.75 Å². The lowest BCUT2D eigenvalue weighted by molar-refractivity contribution is 0.0683. The van der Waals surface area contributed by atoms with Crippen LogP contribution in [0, 0.1) is 23.3 Å². The van der Waals surface area contributed by atoms with E-state index in [2.05, 4.69) is 4.74 Å². The molecule has 0 aliphatic heterocycles. The Bertz CT molecular complexity index is 416. The van der Waals surface area contributed by atoms with Gasteiger partial charge in [-0.2, -0.15) is 8.78 Å². The minimum atomic E-state index is -2.10. The van der Waals surface area contributed by atoms with Crippen LogP contribution in [0.1, 0.15) is 17.3 Å². The Hall–Kier alpha value is -1.79. The number of hydrogen-bond donors (Lipinski definition) is 1. The zero-order chi connectivity index (χ0) is 12.5. The minimum Gasteiger partial charge on any atom is -0.488 e. The van der Waals surface area contributed by atoms with E-state index in [0.717, 1.165) is 0 Å². The van der Waals surface area contributed by atoms with Crippen molar-refractivity contribution >= 4 is 5.97 Å². The van der Waals surface area contributed by atoms with Crippen molar-refractivity contribution in [1.82, 2.24) is 0 Å². The third kappa shape index (κ3) is 1.80. The molecule has 0 unspecified atom stereocenters. The van der Waals surface area contributed by atoms with E-state index in [1.54, 1.807) is 0 Å². The van der Waals surface area contributed by atoms with Crippen LogP contribution in [0.25, 0.3) is 0 Å². The smallest absolute Gasteiger partial charge is 0.341 e. The Balaban J connectivity index is 3.56. The monoisotopic (exact) mass is 238 g/mol. The molecule has 0 saturated carbocycles. The molecule has 7 heteroatoms. The maximum absolute atomic E-state index is 13.1. The largest absolute Gasteiger partial charge is 0.488 e. The van der Waals surface area contributed by atoms with Crippen LogP contribution in [0.15, 0.2) is 0 Å². The van der Waals surface area contributed by atoms with Crippen LogP contribution in [0.4, 0.5) is 17.6 Å². The summed E-state index contributed by atoms with van der Waals surface area (Å²) in [4.78, 5) is 10.4. The predicted molar refractivity (Wildman–Crippen MR) is 44.4 cm³/mol. The summed E-state index contributed by atoms with van der Waals surface area (Å²) in [6.07, 6.45) is 0. The molecule has 3 nitrogen and oxygen atoms in total. The second kappa shape index (κ2) is 4.38. The van der Waals surface area contributed by atoms with Gasteiger partial charge in [-0.25, -0.2) is 13.6 Å². The summed E-state index contributed by atoms with van der Waals surface area (Å²) in [7, 11) is 0. The average molecular weight is 238 g/mol. The number of carboxylic acids is 1. The zero-order valence-corrected chi connectivity index (χ0v) is 7.98. The van der Waals surface area contributed by atoms with Gasteiger partial charge in [0.25, 0.3) is 0 Å². The van der Waals surface area contributed by atoms with Crippen molar-refractivity contribution in [3.05, 3.63) is 28.8 Å². The lowest BCUT2D eigenvalue weighted by atomic mass is 10.1. The number of carboxylic acid groups (broad SMARTS) is 1. The van der Waals surface area contributed by atoms with Gasteiger partial charge in [0.2, 0.25) is 11.6 Å². The van der Waals surface area contributed by atoms with E-state index >= 15 is 0 Å². The van der Waals surface area contributed by atoms with Crippen LogP contribution in [0.5, 0.6) is 5.75 Å². The van der Waals surface area contributed by atoms with Gasteiger partial charge in [0.05, 0.1) is 6.61 Å². The van der Waals surface area contributed by atoms with Crippen molar-refractivity contribution < 1.29 is 32.2 Å². The number of aromatic carboxylic acids is 1. The quantitative estimate of drug-likeness (QED) is 0.649. The van der Waals surface area contributed by atoms with Crippen molar-refractivity contribution in [2.75, 3.05) is 6.61 Å². The molecule has 0 aliphatic carbocycles. The minimum absolute atomic E-state index is 0.223. The Kier molecular flexibility index (Phi) is 3.36. The highest BCUT2D eigenvalue weighted by Crippen LogP contribution is 2.29. The van der Waals surface area contributed by atoms with Crippen molar-refractivity contribution in [1.29, 1.82) is 0 Å². The van der Waals surface area contributed by atoms with Crippen LogP contribution in [-0.4, -0.2) is 17.7 Å². The van der Waals surface area contributed by atoms with Gasteiger partial charge in [-0.3, -0.25) is 0 Å². The first-order valence-electron chi connectivity index (χ1n) is 4.13. The molecule has 0 radical (unpaired) electrons. The molecule has 0 amide bonds. The van der Waals surface area contributed by atoms with E-state index in [-0.39, 0.29) is 6.61 Å². The first kappa shape index (κ1) is 12.3. The fourth-order valence-corrected chi connectivity index (χ4v) is 1.07. The molecule has 1 N–H and O–H groups in total. The van der Waals surface area contributed by atoms with Gasteiger partial charge >= 0.3 is 5.97 Å². The summed E-state index contributed by atoms with van der Waals surface area (Å²) in [5.41, 5.74) is -1.68. The standard InChI is InChI=1S/C9H6F4O3/c1-2-16-8-6(12)4(10)3(9(14)15)5(11)7(8)13/h2H2,1H3,(H,14,15). The zero-order valence-electron chi connectivity index (χ0n) is 7.98. The van der Waals surface area contributed by atoms with Gasteiger partial charge in [0.15, 0.2) is 17.4 Å². The molecule has 0 bridgehead atoms. The third-order valence-corrected chi connectivity index (χ3v) is 1.73. The van der Waals surface area contributed by atoms with E-state index < -0.39 is 40.6 Å². The second-order valence-corrected chi connectivity index (χ2v) is 2.70. The molecule has 0 fully saturated rings. The summed E-state index contributed by atoms with van der Waals surface area (Å²) in [6, 6.07) is 0. The van der Waals surface area contributed by atoms with Gasteiger partial charge in [-0.1, -0.05) is 0 Å². The van der Waals surface area contributed by atoms with Crippen molar-refractivity contribution in [2.45, 2.75) is 6.92 Å². The van der Waals surface area contributed by atoms with Gasteiger partial charge in [-0.15, -0.1) is 0 Å². The molecule has 0 heterocycles. The van der Waals surface area contributed by atoms with E-state index in [0.29, 0.717) is 0 Å². The van der Waals surface area contributed by atoms with Crippen LogP contribution in [0.3, 0.4) is 0 Å². The summed E-state index contributed by atoms with van der Waals surface area (Å²) in [5.74, 6) is -11.1. The molecule has 0 spiro atoms. The highest BCUT2D eigenvalue weighted by molar-refractivity contribution is 5.88. The summed E-state index contributed by atoms with van der Waals surface area (Å²) in [6.45, 7) is 1.12. The SMILES string of the molecule is CCOc1c(F)c(F)c(C(=O)O)c(F)c1F. The summed E-state index contributed by atoms with van der Waals surface area (Å²) >= 11 is 0. The number of rotatable bonds is 3. The number of carbonyl (C=O) groups is 1. The van der Waals surface area contributed by atoms with Crippen LogP contribution in [0.2, 0.25) is 0 Å². The van der Waals surface area contributed by atoms with Gasteiger partial charge < -0.3 is 9.84 Å². The van der Waals surface area contributed by atoms with Gasteiger partial charge in [-0.05, 0) is 6.92 Å². The fourth-order valence-electron chi connectivity index (χ4n) is 1.07. The third-order valence-electron chi connectivity index (χ3n) is 1.73. The first-order chi connectivity index (χ1) is 7.41. The van der Waals surface area contributed by atoms with Gasteiger partial charge in [0, 0.05) is 0 Å². The lowest BCUT2D eigenvalue weighted by Crippen LogP contribution is -2.12. The average Bonchev–Trinajstić information content (AvgIpc) is 2.21. The summed E-state index contributed by atoms with van der Waals surface area (Å²) in [5, 5.41) is 8.36. The molecule has 1 aromatic carbocycles. The Morgan fingerprint density at radius 3 is 1.88 bits per heavy atom. The van der Waals surface area contributed by atoms with E-state index in [1.165, 1.54) is 6.92 Å². The Morgan fingerprint density at radius 2 is 1.56 bits per heavy atom. The molecular weight excluding hydrogens is 232 g/mol. The number of hydrogen-bond acceptors (Lipinski definition) is 2. The highest BCUT2D eigenvalue weighted by Gasteiger charge is 2.30. The number of halogens is 4. The predicted octanol–water partition coefficient (Wildman–Crippen LogP) is 2.34. The summed E-state index contributed by atoms with van der Waals surface area (Å²) < 4.78 is 56.6. The van der Waals surface area contributed by atoms with Crippen LogP contribution >= 0.6 is 0 Å². The molecule has 0 atom stereocenters. The number of ether oxygens (including phenoxy) is 1. The van der Waals surface area contributed by atoms with E-state index in [9.17, 15) is 22.4 Å². The highest BCUT2D eigenvalue weighted by atomic mass is 19.2. The molecule has 0 aliphatic rings. The van der Waals surface area contributed by atoms with Crippen LogP contribution in [-0.2, 0) is 0 Å². The first-order valence-corrected chi connectivity index (χ1v) is 4.13. The normalized spacial score (nSPS) is 10.3. The Morgan fingerprint density at radius 1 is 1.12 bits per heavy atom. The van der Waals surface area contributed by atoms with Crippen molar-refractivity contribution in [2.24, 2.45) is 0 Å². The molecule has 0 saturated heterocycles. The van der Waals surface area contributed by atoms with E-state index in [1.807, 2.05) is 0 Å². The molecule has 1 aromatic rings. The lowest BCUT2D eigenvalue weighted by Gasteiger charge is -2.09. The number of benzene rings is 1.